The summed E-state index contributed by atoms with van der Waals surface area (Å²) in [6.45, 7) is 3.53. The van der Waals surface area contributed by atoms with Crippen molar-refractivity contribution in [1.82, 2.24) is 25.1 Å². The number of methoxy groups -OCH3 is 1. The Hall–Kier alpha value is -2.35. The van der Waals surface area contributed by atoms with Crippen LogP contribution in [0.1, 0.15) is 74.5 Å². The average molecular weight is 452 g/mol. The van der Waals surface area contributed by atoms with E-state index >= 15 is 0 Å². The predicted molar refractivity (Wildman–Crippen MR) is 120 cm³/mol. The second-order valence-electron chi connectivity index (χ2n) is 11.3. The summed E-state index contributed by atoms with van der Waals surface area (Å²) >= 11 is 0. The Morgan fingerprint density at radius 1 is 1.12 bits per heavy atom. The van der Waals surface area contributed by atoms with Crippen LogP contribution in [0.4, 0.5) is 0 Å². The molecule has 33 heavy (non-hydrogen) atoms. The second kappa shape index (κ2) is 7.08. The zero-order chi connectivity index (χ0) is 22.3. The highest BCUT2D eigenvalue weighted by Crippen LogP contribution is 2.64. The third kappa shape index (κ3) is 2.82. The molecule has 1 aromatic heterocycles. The summed E-state index contributed by atoms with van der Waals surface area (Å²) in [6.07, 6.45) is 9.25. The number of nitrogens with zero attached hydrogens (tertiary/aromatic N) is 5. The van der Waals surface area contributed by atoms with Gasteiger partial charge in [-0.25, -0.2) is 4.68 Å². The molecule has 6 aliphatic rings. The number of ether oxygens (including phenoxy) is 3. The number of benzene rings is 1. The van der Waals surface area contributed by atoms with Crippen molar-refractivity contribution in [2.24, 2.45) is 23.2 Å². The van der Waals surface area contributed by atoms with E-state index in [2.05, 4.69) is 45.1 Å². The van der Waals surface area contributed by atoms with E-state index < -0.39 is 0 Å². The van der Waals surface area contributed by atoms with Gasteiger partial charge in [-0.05, 0) is 104 Å². The van der Waals surface area contributed by atoms with Gasteiger partial charge >= 0.3 is 0 Å². The average Bonchev–Trinajstić information content (AvgIpc) is 3.45. The highest BCUT2D eigenvalue weighted by molar-refractivity contribution is 5.62. The zero-order valence-electron chi connectivity index (χ0n) is 19.8. The molecule has 0 spiro atoms. The van der Waals surface area contributed by atoms with Gasteiger partial charge in [0.15, 0.2) is 17.3 Å². The van der Waals surface area contributed by atoms with Gasteiger partial charge in [0.05, 0.1) is 13.2 Å². The Morgan fingerprint density at radius 3 is 2.55 bits per heavy atom. The van der Waals surface area contributed by atoms with Crippen molar-refractivity contribution in [1.29, 1.82) is 0 Å². The summed E-state index contributed by atoms with van der Waals surface area (Å²) in [7, 11) is 3.87. The molecule has 4 saturated carbocycles. The topological polar surface area (TPSA) is 74.5 Å². The molecule has 176 valence electrons. The largest absolute Gasteiger partial charge is 0.492 e. The van der Waals surface area contributed by atoms with Gasteiger partial charge in [-0.2, -0.15) is 0 Å². The van der Waals surface area contributed by atoms with Gasteiger partial charge < -0.3 is 14.2 Å². The SMILES string of the molecule is COc1c2c(cc3c1[C@@H](c1nnnn1[C@@H](C)C14CC5CC(CC(C5)C1)C4)N(C)CC3)OCO2. The van der Waals surface area contributed by atoms with Crippen LogP contribution in [0.3, 0.4) is 0 Å². The molecule has 2 aromatic rings. The Kier molecular flexibility index (Phi) is 4.30. The molecule has 0 radical (unpaired) electrons. The number of aromatic nitrogens is 4. The third-order valence-electron chi connectivity index (χ3n) is 9.50. The van der Waals surface area contributed by atoms with E-state index in [9.17, 15) is 0 Å². The summed E-state index contributed by atoms with van der Waals surface area (Å²) < 4.78 is 19.6. The first-order valence-electron chi connectivity index (χ1n) is 12.5. The number of hydrogen-bond donors (Lipinski definition) is 0. The maximum absolute atomic E-state index is 5.92. The molecule has 4 aliphatic carbocycles. The van der Waals surface area contributed by atoms with Gasteiger partial charge in [0.25, 0.3) is 0 Å². The van der Waals surface area contributed by atoms with E-state index in [1.165, 1.54) is 44.1 Å². The molecule has 4 fully saturated rings. The summed E-state index contributed by atoms with van der Waals surface area (Å²) in [5, 5.41) is 13.5. The van der Waals surface area contributed by atoms with Crippen LogP contribution in [0.2, 0.25) is 0 Å². The number of tetrazole rings is 1. The monoisotopic (exact) mass is 451 g/mol. The normalized spacial score (nSPS) is 35.0. The smallest absolute Gasteiger partial charge is 0.231 e. The van der Waals surface area contributed by atoms with Crippen molar-refractivity contribution in [3.63, 3.8) is 0 Å². The van der Waals surface area contributed by atoms with Gasteiger partial charge in [-0.1, -0.05) is 0 Å². The molecular formula is C25H33N5O3. The molecule has 4 bridgehead atoms. The lowest BCUT2D eigenvalue weighted by Crippen LogP contribution is -2.50. The highest BCUT2D eigenvalue weighted by atomic mass is 16.7. The van der Waals surface area contributed by atoms with Gasteiger partial charge in [0, 0.05) is 12.1 Å². The summed E-state index contributed by atoms with van der Waals surface area (Å²) in [5.41, 5.74) is 2.67. The van der Waals surface area contributed by atoms with E-state index in [0.29, 0.717) is 11.2 Å². The van der Waals surface area contributed by atoms with Crippen LogP contribution in [0.15, 0.2) is 6.07 Å². The van der Waals surface area contributed by atoms with Crippen LogP contribution in [-0.4, -0.2) is 52.6 Å². The zero-order valence-corrected chi connectivity index (χ0v) is 19.8. The first kappa shape index (κ1) is 20.1. The molecule has 1 aromatic carbocycles. The molecule has 8 nitrogen and oxygen atoms in total. The minimum Gasteiger partial charge on any atom is -0.492 e. The van der Waals surface area contributed by atoms with Crippen LogP contribution >= 0.6 is 0 Å². The standard InChI is InChI=1S/C25H33N5O3/c1-14(25-10-15-6-16(11-25)8-17(7-15)12-25)30-24(26-27-28-30)21-20-18(4-5-29(21)2)9-19-22(23(20)31-3)33-13-32-19/h9,14-17,21H,4-8,10-13H2,1-3H3/t14-,15?,16?,17?,21-,25?/m0/s1. The third-order valence-corrected chi connectivity index (χ3v) is 9.50. The summed E-state index contributed by atoms with van der Waals surface area (Å²) in [4.78, 5) is 2.35. The van der Waals surface area contributed by atoms with Crippen LogP contribution in [0.5, 0.6) is 17.2 Å². The lowest BCUT2D eigenvalue weighted by Gasteiger charge is -2.59. The van der Waals surface area contributed by atoms with Crippen molar-refractivity contribution in [3.05, 3.63) is 23.0 Å². The fourth-order valence-electron chi connectivity index (χ4n) is 8.36. The Bertz CT molecular complexity index is 1060. The van der Waals surface area contributed by atoms with Crippen molar-refractivity contribution in [2.75, 3.05) is 27.5 Å². The van der Waals surface area contributed by atoms with E-state index in [-0.39, 0.29) is 18.9 Å². The molecule has 2 aliphatic heterocycles. The van der Waals surface area contributed by atoms with Crippen LogP contribution in [0.25, 0.3) is 0 Å². The minimum atomic E-state index is -0.0791. The van der Waals surface area contributed by atoms with Crippen molar-refractivity contribution < 1.29 is 14.2 Å². The van der Waals surface area contributed by atoms with Crippen LogP contribution in [0, 0.1) is 23.2 Å². The van der Waals surface area contributed by atoms with Gasteiger partial charge in [-0.3, -0.25) is 4.90 Å². The molecule has 0 saturated heterocycles. The molecule has 0 unspecified atom stereocenters. The number of likely N-dealkylation sites (N-methyl/N-ethyl adjacent to an activating group) is 1. The Balaban J connectivity index is 1.32. The van der Waals surface area contributed by atoms with Crippen molar-refractivity contribution in [2.45, 2.75) is 64.0 Å². The predicted octanol–water partition coefficient (Wildman–Crippen LogP) is 3.77. The van der Waals surface area contributed by atoms with Crippen LogP contribution < -0.4 is 14.2 Å². The minimum absolute atomic E-state index is 0.0791. The molecule has 3 heterocycles. The van der Waals surface area contributed by atoms with Crippen LogP contribution in [-0.2, 0) is 6.42 Å². The van der Waals surface area contributed by atoms with Crippen molar-refractivity contribution >= 4 is 0 Å². The maximum Gasteiger partial charge on any atom is 0.231 e. The Morgan fingerprint density at radius 2 is 1.85 bits per heavy atom. The molecule has 8 heteroatoms. The molecule has 2 atom stereocenters. The summed E-state index contributed by atoms with van der Waals surface area (Å²) in [6, 6.07) is 2.33. The summed E-state index contributed by atoms with van der Waals surface area (Å²) in [5.74, 6) is 5.84. The van der Waals surface area contributed by atoms with Gasteiger partial charge in [0.1, 0.15) is 6.04 Å². The van der Waals surface area contributed by atoms with E-state index in [1.807, 2.05) is 0 Å². The highest BCUT2D eigenvalue weighted by Gasteiger charge is 2.54. The fraction of sp³-hybridized carbons (Fsp3) is 0.720. The lowest BCUT2D eigenvalue weighted by molar-refractivity contribution is -0.0822. The molecule has 0 amide bonds. The number of fused-ring (bicyclic) bond motifs is 2. The molecular weight excluding hydrogens is 418 g/mol. The lowest BCUT2D eigenvalue weighted by atomic mass is 9.48. The second-order valence-corrected chi connectivity index (χ2v) is 11.3. The first-order chi connectivity index (χ1) is 16.1. The number of rotatable bonds is 4. The first-order valence-corrected chi connectivity index (χ1v) is 12.5. The van der Waals surface area contributed by atoms with E-state index in [1.54, 1.807) is 7.11 Å². The van der Waals surface area contributed by atoms with E-state index in [0.717, 1.165) is 53.6 Å². The molecule has 0 N–H and O–H groups in total. The number of hydrogen-bond acceptors (Lipinski definition) is 7. The van der Waals surface area contributed by atoms with E-state index in [4.69, 9.17) is 14.2 Å². The van der Waals surface area contributed by atoms with Gasteiger partial charge in [0.2, 0.25) is 12.5 Å². The maximum atomic E-state index is 5.92. The fourth-order valence-corrected chi connectivity index (χ4v) is 8.36. The van der Waals surface area contributed by atoms with Gasteiger partial charge in [-0.15, -0.1) is 5.10 Å². The Labute approximate surface area is 194 Å². The quantitative estimate of drug-likeness (QED) is 0.701. The molecule has 8 rings (SSSR count). The van der Waals surface area contributed by atoms with Crippen molar-refractivity contribution in [3.8, 4) is 17.2 Å².